The summed E-state index contributed by atoms with van der Waals surface area (Å²) in [6.45, 7) is 43.3. The summed E-state index contributed by atoms with van der Waals surface area (Å²) in [7, 11) is 2.48. The molecule has 4 aromatic carbocycles. The molecule has 40 nitrogen and oxygen atoms in total. The van der Waals surface area contributed by atoms with E-state index in [2.05, 4.69) is 116 Å². The number of carbonyl (C=O) groups is 5. The largest absolute Gasteiger partial charge is 0.474 e. The summed E-state index contributed by atoms with van der Waals surface area (Å²) >= 11 is 0. The van der Waals surface area contributed by atoms with Crippen molar-refractivity contribution in [3.05, 3.63) is 301 Å². The van der Waals surface area contributed by atoms with E-state index in [0.29, 0.717) is 112 Å². The molecule has 1 atom stereocenters. The molecule has 9 aromatic heterocycles. The molecule has 4 aliphatic rings. The van der Waals surface area contributed by atoms with E-state index >= 15 is 0 Å². The van der Waals surface area contributed by atoms with Crippen LogP contribution in [0.1, 0.15) is 128 Å². The number of anilines is 5. The first-order valence-electron chi connectivity index (χ1n) is 46.0. The molecule has 14 N–H and O–H groups in total. The molecule has 40 heteroatoms. The molecule has 3 aliphatic heterocycles. The third-order valence-corrected chi connectivity index (χ3v) is 23.5. The van der Waals surface area contributed by atoms with Crippen LogP contribution in [0.25, 0.3) is 105 Å². The Kier molecular flexibility index (Phi) is 35.8. The summed E-state index contributed by atoms with van der Waals surface area (Å²) in [6.07, 6.45) is 27.2. The second kappa shape index (κ2) is 49.3. The number of nitriles is 3. The van der Waals surface area contributed by atoms with Crippen LogP contribution in [0.4, 0.5) is 29.1 Å². The van der Waals surface area contributed by atoms with Crippen LogP contribution in [0.2, 0.25) is 0 Å². The van der Waals surface area contributed by atoms with E-state index in [0.717, 1.165) is 158 Å². The number of nitrogen functional groups attached to an aromatic ring is 3. The van der Waals surface area contributed by atoms with Crippen molar-refractivity contribution < 1.29 is 48.4 Å². The van der Waals surface area contributed by atoms with E-state index in [1.807, 2.05) is 145 Å². The zero-order valence-corrected chi connectivity index (χ0v) is 81.8. The summed E-state index contributed by atoms with van der Waals surface area (Å²) < 4.78 is 18.5. The molecular formula is C106H106N30O10. The number of benzene rings is 4. The van der Waals surface area contributed by atoms with Crippen LogP contribution in [-0.2, 0) is 64.2 Å². The Balaban J connectivity index is 0.000000158. The van der Waals surface area contributed by atoms with Gasteiger partial charge in [0.05, 0.1) is 80.7 Å². The Morgan fingerprint density at radius 3 is 1.50 bits per heavy atom. The van der Waals surface area contributed by atoms with Gasteiger partial charge in [0.25, 0.3) is 23.0 Å². The molecule has 0 saturated carbocycles. The number of imidazole rings is 2. The van der Waals surface area contributed by atoms with Crippen LogP contribution >= 0.6 is 0 Å². The van der Waals surface area contributed by atoms with Crippen LogP contribution in [0.15, 0.2) is 210 Å². The monoisotopic (exact) mass is 1960 g/mol. The molecule has 0 radical (unpaired) electrons. The lowest BCUT2D eigenvalue weighted by Crippen LogP contribution is -2.35. The molecule has 1 aliphatic carbocycles. The molecule has 0 spiro atoms. The topological polar surface area (TPSA) is 583 Å². The number of ketones is 1. The molecule has 740 valence electrons. The number of allylic oxidation sites excluding steroid dienone is 5. The molecule has 0 bridgehead atoms. The van der Waals surface area contributed by atoms with E-state index in [-0.39, 0.29) is 59.1 Å². The zero-order chi connectivity index (χ0) is 105. The number of aryl methyl sites for hydroxylation is 5. The fraction of sp³-hybridized carbons (Fsp3) is 0.264. The number of nitrogens with two attached hydrogens (primary N) is 5. The molecule has 1 unspecified atom stereocenters. The van der Waals surface area contributed by atoms with Crippen molar-refractivity contribution >= 4 is 133 Å². The number of fused-ring (bicyclic) bond motifs is 6. The number of nitrogens with one attached hydrogen (secondary N) is 2. The van der Waals surface area contributed by atoms with Crippen LogP contribution < -0.4 is 38.5 Å². The maximum absolute atomic E-state index is 12.7. The number of aliphatic hydroxyl groups excluding tert-OH is 2. The van der Waals surface area contributed by atoms with Crippen molar-refractivity contribution in [2.75, 3.05) is 80.6 Å². The molecule has 13 aromatic rings. The van der Waals surface area contributed by atoms with Crippen LogP contribution in [0, 0.1) is 86.3 Å². The van der Waals surface area contributed by atoms with Crippen LogP contribution in [0.3, 0.4) is 0 Å². The Morgan fingerprint density at radius 2 is 1.03 bits per heavy atom. The maximum atomic E-state index is 12.7. The molecule has 2 saturated heterocycles. The zero-order valence-electron chi connectivity index (χ0n) is 81.8. The normalized spacial score (nSPS) is 14.1. The number of carbonyl (C=O) groups excluding carboxylic acids is 5. The highest BCUT2D eigenvalue weighted by Crippen LogP contribution is 2.44. The first-order chi connectivity index (χ1) is 70.3. The second-order valence-electron chi connectivity index (χ2n) is 34.8. The predicted octanol–water partition coefficient (Wildman–Crippen LogP) is 13.6. The van der Waals surface area contributed by atoms with E-state index in [4.69, 9.17) is 73.6 Å². The standard InChI is InChI=1S/C24H27N5O3.C21H21N5O3.C19H16N4O2.C15H17N7.C15H16N6O.C12H9N3O/c1-15-7-9-16(10-8-15)19-18(13-17(26-5)23(31)32-24(2,3)4)29(11-6-12-30)22-20(19)21(25)27-14-28-22;1-13-5-7-14(8-6-13)17-16(11-15(23-2)21(28)29-3)26(9-4-10-27)20-18(17)19(22)24-12-25-20;1-11-4-6-12(7-5-11)16-13(9-15(21-2)19(24)25-3)8-14-17(16)18(20)23-10-22-14;1-10(17)12(6-16)5-11-3-2-4-22(7-11)15-13-14(19-8-18-13)20-9-21-15;1-10(22)12(7-16)6-11-2-4-21(5-3-11)15-13-14(18-8-17-13)19-9-20-15;13-5-10(12(14)16)3-8-1-2-9-6-15-7-11(9)4-8/h7-10,13-14,30H,6,11-12H2,1-4H3,(H2,25,27,28);5-8,11-12,27H,4,9-10H2,1,3H3,(H2,22,24,25);4-7,9-10H,8H2,1,3H3,(H2,20,22,23);5,8-9,11H,1-4,7,17H2,(H,18,19,20,21);6,8-9,11H,2-5H2,1H3,(H,17,18,19,20);1-4,6H,7H2,(H2,14,16)/b17-13-;15-11-;15-9-;12-5+;12-6+;10-3+. The van der Waals surface area contributed by atoms with E-state index in [1.165, 1.54) is 71.0 Å². The fourth-order valence-electron chi connectivity index (χ4n) is 16.5. The first kappa shape index (κ1) is 106. The number of hydrogen-bond acceptors (Lipinski definition) is 32. The predicted molar refractivity (Wildman–Crippen MR) is 554 cm³/mol. The highest BCUT2D eigenvalue weighted by molar-refractivity contribution is 6.09. The number of aromatic nitrogens is 16. The average molecular weight is 1960 g/mol. The SMILES string of the molecule is C=C(N)/C(C#N)=C/C1CCCN(c2ncnc3nc[nH]c23)C1.CC(=O)/C(C#N)=C/C1CCN(c2ncnc3nc[nH]c23)CC1.N#C/C(=C\c1ccc2c(c1)CN=C2)C(N)=O.[C-]#[N+]/C(=C\C1=C(c2ccc(C)cc2)c2c(N)ncnc2C1)C(=O)OC.[C-]#[N+]/C(=C\c1c(-c2ccc(C)cc2)c2c(N)ncnc2n1CCCO)C(=O)OC.[C-]#[N+]/C(=C\c1c(-c2ccc(C)cc2)c2c(N)ncnc2n1CCCO)C(=O)OC(C)(C)C. The number of Topliss-reactive ketones (excluding diaryl/α,β-unsaturated/α-hetero) is 1. The third kappa shape index (κ3) is 25.8. The number of ether oxygens (including phenoxy) is 3. The third-order valence-electron chi connectivity index (χ3n) is 23.5. The number of aromatic amines is 2. The Hall–Kier alpha value is -18.9. The van der Waals surface area contributed by atoms with Crippen LogP contribution in [-0.4, -0.2) is 184 Å². The fourth-order valence-corrected chi connectivity index (χ4v) is 16.5. The van der Waals surface area contributed by atoms with Crippen LogP contribution in [0.5, 0.6) is 0 Å². The smallest absolute Gasteiger partial charge is 0.336 e. The van der Waals surface area contributed by atoms with Gasteiger partial charge in [-0.2, -0.15) is 15.8 Å². The van der Waals surface area contributed by atoms with Gasteiger partial charge < -0.3 is 82.0 Å². The number of esters is 3. The van der Waals surface area contributed by atoms with Crippen molar-refractivity contribution in [1.29, 1.82) is 15.8 Å². The number of aliphatic hydroxyl groups is 2. The molecule has 146 heavy (non-hydrogen) atoms. The van der Waals surface area contributed by atoms with Gasteiger partial charge in [-0.3, -0.25) is 29.0 Å². The van der Waals surface area contributed by atoms with Crippen molar-refractivity contribution in [2.24, 2.45) is 28.3 Å². The summed E-state index contributed by atoms with van der Waals surface area (Å²) in [6, 6.07) is 35.1. The lowest BCUT2D eigenvalue weighted by atomic mass is 9.93. The van der Waals surface area contributed by atoms with E-state index in [9.17, 15) is 34.2 Å². The molecule has 2 fully saturated rings. The van der Waals surface area contributed by atoms with E-state index < -0.39 is 29.4 Å². The number of H-pyrrole nitrogens is 2. The van der Waals surface area contributed by atoms with Gasteiger partial charge in [-0.15, -0.1) is 0 Å². The summed E-state index contributed by atoms with van der Waals surface area (Å²) in [4.78, 5) is 134. The van der Waals surface area contributed by atoms with Gasteiger partial charge in [-0.25, -0.2) is 74.3 Å². The maximum Gasteiger partial charge on any atom is 0.336 e. The number of nitrogens with zero attached hydrogens (tertiary/aromatic N) is 23. The number of methoxy groups -OCH3 is 2. The Morgan fingerprint density at radius 1 is 0.555 bits per heavy atom. The Bertz CT molecular complexity index is 7670. The van der Waals surface area contributed by atoms with Crippen molar-refractivity contribution in [1.82, 2.24) is 78.9 Å². The Labute approximate surface area is 840 Å². The quantitative estimate of drug-likeness (QED) is 0.00717. The number of rotatable bonds is 23. The minimum atomic E-state index is -0.736. The highest BCUT2D eigenvalue weighted by atomic mass is 16.6. The lowest BCUT2D eigenvalue weighted by Gasteiger charge is -2.32. The number of aliphatic imine (C=N–C) groups is 1. The van der Waals surface area contributed by atoms with Gasteiger partial charge in [0, 0.05) is 98.9 Å². The molecule has 1 amide bonds. The summed E-state index contributed by atoms with van der Waals surface area (Å²) in [5.41, 5.74) is 47.9. The molecular weight excluding hydrogens is 1850 g/mol. The highest BCUT2D eigenvalue weighted by Gasteiger charge is 2.32. The molecule has 17 rings (SSSR count). The van der Waals surface area contributed by atoms with Crippen molar-refractivity contribution in [3.63, 3.8) is 0 Å². The summed E-state index contributed by atoms with van der Waals surface area (Å²) in [5, 5.41) is 46.8. The number of piperidine rings is 2. The summed E-state index contributed by atoms with van der Waals surface area (Å²) in [5.74, 6) is 0.211. The number of primary amides is 1. The van der Waals surface area contributed by atoms with Gasteiger partial charge in [0.15, 0.2) is 28.7 Å². The van der Waals surface area contributed by atoms with Crippen molar-refractivity contribution in [2.45, 2.75) is 119 Å². The van der Waals surface area contributed by atoms with E-state index in [1.54, 1.807) is 45.6 Å². The van der Waals surface area contributed by atoms with Crippen molar-refractivity contribution in [3.8, 4) is 40.5 Å². The van der Waals surface area contributed by atoms with Gasteiger partial charge >= 0.3 is 17.9 Å². The second-order valence-corrected chi connectivity index (χ2v) is 34.8. The number of hydrogen-bond donors (Lipinski definition) is 9. The van der Waals surface area contributed by atoms with Gasteiger partial charge in [-0.05, 0) is 174 Å². The van der Waals surface area contributed by atoms with Gasteiger partial charge in [0.1, 0.15) is 101 Å². The first-order valence-corrected chi connectivity index (χ1v) is 46.0. The minimum Gasteiger partial charge on any atom is -0.474 e. The lowest BCUT2D eigenvalue weighted by molar-refractivity contribution is -0.149. The van der Waals surface area contributed by atoms with Gasteiger partial charge in [-0.1, -0.05) is 120 Å². The molecule has 12 heterocycles. The average Bonchev–Trinajstić information content (AvgIpc) is 1.59. The minimum absolute atomic E-state index is 0.0179. The van der Waals surface area contributed by atoms with Gasteiger partial charge in [0.2, 0.25) is 0 Å². The number of amides is 1.